The van der Waals surface area contributed by atoms with Crippen LogP contribution < -0.4 is 16.0 Å². The predicted molar refractivity (Wildman–Crippen MR) is 150 cm³/mol. The van der Waals surface area contributed by atoms with Crippen molar-refractivity contribution < 1.29 is 29.0 Å². The number of hydrogen-bond donors (Lipinski definition) is 4. The second-order valence-electron chi connectivity index (χ2n) is 11.7. The van der Waals surface area contributed by atoms with Crippen molar-refractivity contribution in [3.8, 4) is 0 Å². The van der Waals surface area contributed by atoms with Gasteiger partial charge in [-0.2, -0.15) is 0 Å². The molecule has 10 nitrogen and oxygen atoms in total. The van der Waals surface area contributed by atoms with Gasteiger partial charge in [0.2, 0.25) is 17.7 Å². The number of piperidine rings is 1. The highest BCUT2D eigenvalue weighted by Gasteiger charge is 2.28. The molecule has 4 amide bonds. The normalized spacial score (nSPS) is 15.8. The van der Waals surface area contributed by atoms with E-state index in [1.54, 1.807) is 36.1 Å². The summed E-state index contributed by atoms with van der Waals surface area (Å²) >= 11 is 0. The fourth-order valence-corrected chi connectivity index (χ4v) is 4.38. The lowest BCUT2D eigenvalue weighted by Crippen LogP contribution is -2.53. The van der Waals surface area contributed by atoms with E-state index < -0.39 is 23.6 Å². The Morgan fingerprint density at radius 1 is 1.00 bits per heavy atom. The molecule has 1 aliphatic rings. The molecule has 39 heavy (non-hydrogen) atoms. The van der Waals surface area contributed by atoms with E-state index in [1.807, 2.05) is 34.6 Å². The van der Waals surface area contributed by atoms with Crippen LogP contribution in [-0.2, 0) is 25.7 Å². The molecule has 10 heteroatoms. The van der Waals surface area contributed by atoms with E-state index >= 15 is 0 Å². The molecule has 2 unspecified atom stereocenters. The molecular formula is C29H46N4O6. The lowest BCUT2D eigenvalue weighted by molar-refractivity contribution is -0.131. The quantitative estimate of drug-likeness (QED) is 0.335. The Balaban J connectivity index is 1.74. The largest absolute Gasteiger partial charge is 0.444 e. The number of carbonyl (C=O) groups is 4. The van der Waals surface area contributed by atoms with Crippen LogP contribution in [0.25, 0.3) is 0 Å². The van der Waals surface area contributed by atoms with Crippen LogP contribution in [0.5, 0.6) is 0 Å². The number of aliphatic hydroxyl groups is 1. The molecule has 218 valence electrons. The monoisotopic (exact) mass is 546 g/mol. The molecule has 1 aromatic carbocycles. The number of aliphatic hydroxyl groups excluding tert-OH is 1. The van der Waals surface area contributed by atoms with Crippen molar-refractivity contribution in [3.63, 3.8) is 0 Å². The van der Waals surface area contributed by atoms with Crippen LogP contribution in [0.2, 0.25) is 0 Å². The minimum Gasteiger partial charge on any atom is -0.444 e. The standard InChI is InChI=1S/C29H46N4O6/c1-19(2)25(27(37)30-20(3)26(36)31-23-12-10-22(18-34)11-13-23)32-24(35)9-7-8-21-14-16-33(17-15-21)28(38)39-29(4,5)6/h10-13,19-21,25,34H,7-9,14-18H2,1-6H3,(H,30,37)(H,31,36)(H,32,35). The zero-order chi connectivity index (χ0) is 29.2. The first-order valence-corrected chi connectivity index (χ1v) is 13.9. The van der Waals surface area contributed by atoms with Crippen LogP contribution in [0, 0.1) is 11.8 Å². The van der Waals surface area contributed by atoms with Crippen molar-refractivity contribution in [2.24, 2.45) is 11.8 Å². The fourth-order valence-electron chi connectivity index (χ4n) is 4.38. The van der Waals surface area contributed by atoms with Crippen molar-refractivity contribution in [2.45, 2.75) is 97.9 Å². The summed E-state index contributed by atoms with van der Waals surface area (Å²) in [5, 5.41) is 17.4. The Morgan fingerprint density at radius 2 is 1.62 bits per heavy atom. The zero-order valence-electron chi connectivity index (χ0n) is 24.2. The number of ether oxygens (including phenoxy) is 1. The smallest absolute Gasteiger partial charge is 0.410 e. The van der Waals surface area contributed by atoms with Crippen molar-refractivity contribution in [2.75, 3.05) is 18.4 Å². The van der Waals surface area contributed by atoms with Gasteiger partial charge in [-0.1, -0.05) is 26.0 Å². The van der Waals surface area contributed by atoms with Crippen LogP contribution >= 0.6 is 0 Å². The second-order valence-corrected chi connectivity index (χ2v) is 11.7. The minimum absolute atomic E-state index is 0.0851. The fraction of sp³-hybridized carbons (Fsp3) is 0.655. The second kappa shape index (κ2) is 14.9. The first kappa shape index (κ1) is 32.1. The SMILES string of the molecule is CC(NC(=O)C(NC(=O)CCCC1CCN(C(=O)OC(C)(C)C)CC1)C(C)C)C(=O)Nc1ccc(CO)cc1. The first-order chi connectivity index (χ1) is 18.3. The van der Waals surface area contributed by atoms with Crippen molar-refractivity contribution in [1.82, 2.24) is 15.5 Å². The van der Waals surface area contributed by atoms with E-state index in [1.165, 1.54) is 0 Å². The maximum atomic E-state index is 12.9. The Bertz CT molecular complexity index is 965. The summed E-state index contributed by atoms with van der Waals surface area (Å²) in [4.78, 5) is 52.0. The van der Waals surface area contributed by atoms with Gasteiger partial charge < -0.3 is 30.7 Å². The summed E-state index contributed by atoms with van der Waals surface area (Å²) in [5.74, 6) is -0.707. The summed E-state index contributed by atoms with van der Waals surface area (Å²) < 4.78 is 5.44. The third-order valence-corrected chi connectivity index (χ3v) is 6.70. The van der Waals surface area contributed by atoms with Gasteiger partial charge in [0.25, 0.3) is 0 Å². The molecule has 0 bridgehead atoms. The van der Waals surface area contributed by atoms with Gasteiger partial charge in [0.05, 0.1) is 6.61 Å². The summed E-state index contributed by atoms with van der Waals surface area (Å²) in [6, 6.07) is 5.21. The zero-order valence-corrected chi connectivity index (χ0v) is 24.2. The molecule has 1 fully saturated rings. The van der Waals surface area contributed by atoms with Gasteiger partial charge in [-0.25, -0.2) is 4.79 Å². The lowest BCUT2D eigenvalue weighted by atomic mass is 9.91. The number of anilines is 1. The van der Waals surface area contributed by atoms with Gasteiger partial charge in [0, 0.05) is 25.2 Å². The Labute approximate surface area is 232 Å². The summed E-state index contributed by atoms with van der Waals surface area (Å²) in [7, 11) is 0. The molecule has 0 saturated carbocycles. The molecule has 0 spiro atoms. The Kier molecular flexibility index (Phi) is 12.2. The highest BCUT2D eigenvalue weighted by Crippen LogP contribution is 2.24. The maximum absolute atomic E-state index is 12.9. The lowest BCUT2D eigenvalue weighted by Gasteiger charge is -2.33. The number of amides is 4. The van der Waals surface area contributed by atoms with Gasteiger partial charge in [0.1, 0.15) is 17.7 Å². The average molecular weight is 547 g/mol. The van der Waals surface area contributed by atoms with Gasteiger partial charge in [-0.3, -0.25) is 14.4 Å². The van der Waals surface area contributed by atoms with Crippen LogP contribution in [0.3, 0.4) is 0 Å². The van der Waals surface area contributed by atoms with Gasteiger partial charge in [0.15, 0.2) is 0 Å². The maximum Gasteiger partial charge on any atom is 0.410 e. The predicted octanol–water partition coefficient (Wildman–Crippen LogP) is 3.58. The number of benzene rings is 1. The number of rotatable bonds is 11. The summed E-state index contributed by atoms with van der Waals surface area (Å²) in [6.45, 7) is 12.1. The average Bonchev–Trinajstić information content (AvgIpc) is 2.86. The summed E-state index contributed by atoms with van der Waals surface area (Å²) in [6.07, 6.45) is 3.37. The Morgan fingerprint density at radius 3 is 2.15 bits per heavy atom. The molecule has 0 radical (unpaired) electrons. The number of likely N-dealkylation sites (tertiary alicyclic amines) is 1. The topological polar surface area (TPSA) is 137 Å². The molecule has 1 saturated heterocycles. The van der Waals surface area contributed by atoms with E-state index in [9.17, 15) is 19.2 Å². The van der Waals surface area contributed by atoms with Crippen molar-refractivity contribution in [3.05, 3.63) is 29.8 Å². The molecule has 2 atom stereocenters. The molecule has 2 rings (SSSR count). The molecule has 1 aromatic rings. The highest BCUT2D eigenvalue weighted by atomic mass is 16.6. The van der Waals surface area contributed by atoms with Crippen LogP contribution in [0.4, 0.5) is 10.5 Å². The molecule has 1 heterocycles. The van der Waals surface area contributed by atoms with Gasteiger partial charge in [-0.05, 0) is 82.9 Å². The van der Waals surface area contributed by atoms with Gasteiger partial charge in [-0.15, -0.1) is 0 Å². The molecule has 1 aliphatic heterocycles. The molecule has 0 aromatic heterocycles. The summed E-state index contributed by atoms with van der Waals surface area (Å²) in [5.41, 5.74) is 0.779. The number of nitrogens with zero attached hydrogens (tertiary/aromatic N) is 1. The number of nitrogens with one attached hydrogen (secondary N) is 3. The van der Waals surface area contributed by atoms with E-state index in [0.29, 0.717) is 37.5 Å². The highest BCUT2D eigenvalue weighted by molar-refractivity contribution is 5.98. The number of carbonyl (C=O) groups excluding carboxylic acids is 4. The third-order valence-electron chi connectivity index (χ3n) is 6.70. The van der Waals surface area contributed by atoms with Crippen LogP contribution in [0.1, 0.15) is 79.2 Å². The first-order valence-electron chi connectivity index (χ1n) is 13.9. The molecular weight excluding hydrogens is 500 g/mol. The van der Waals surface area contributed by atoms with E-state index in [0.717, 1.165) is 24.8 Å². The van der Waals surface area contributed by atoms with E-state index in [4.69, 9.17) is 9.84 Å². The van der Waals surface area contributed by atoms with E-state index in [-0.39, 0.29) is 30.4 Å². The molecule has 0 aliphatic carbocycles. The Hall–Kier alpha value is -3.14. The van der Waals surface area contributed by atoms with Crippen molar-refractivity contribution >= 4 is 29.5 Å². The van der Waals surface area contributed by atoms with Crippen LogP contribution in [0.15, 0.2) is 24.3 Å². The molecule has 4 N–H and O–H groups in total. The number of hydrogen-bond acceptors (Lipinski definition) is 6. The van der Waals surface area contributed by atoms with E-state index in [2.05, 4.69) is 16.0 Å². The van der Waals surface area contributed by atoms with Crippen LogP contribution in [-0.4, -0.2) is 64.6 Å². The minimum atomic E-state index is -0.806. The van der Waals surface area contributed by atoms with Gasteiger partial charge >= 0.3 is 6.09 Å². The third kappa shape index (κ3) is 11.2. The van der Waals surface area contributed by atoms with Crippen molar-refractivity contribution in [1.29, 1.82) is 0 Å².